The lowest BCUT2D eigenvalue weighted by atomic mass is 9.95. The molecule has 1 aliphatic heterocycles. The molecule has 0 bridgehead atoms. The zero-order chi connectivity index (χ0) is 27.2. The van der Waals surface area contributed by atoms with E-state index in [0.29, 0.717) is 13.0 Å². The Morgan fingerprint density at radius 3 is 2.35 bits per heavy atom. The number of carbonyl (C=O) groups is 2. The standard InChI is InChI=1S/C26H35N5O5S/c1-26(2,3)36-24(33)21(14-9-15-29-25(27)28)30-23(32)22-16-18-10-7-8-11-19(18)17-31(22)37(34,35)20-12-5-4-6-13-20/h4-8,10-13,21-22H,9,14-17H2,1-3H3,(H,30,32)(H4,27,28,29). The van der Waals surface area contributed by atoms with Gasteiger partial charge in [0.25, 0.3) is 0 Å². The summed E-state index contributed by atoms with van der Waals surface area (Å²) in [6.07, 6.45) is 0.806. The molecular weight excluding hydrogens is 494 g/mol. The molecule has 0 aliphatic carbocycles. The minimum atomic E-state index is -4.01. The topological polar surface area (TPSA) is 155 Å². The first-order valence-corrected chi connectivity index (χ1v) is 13.6. The highest BCUT2D eigenvalue weighted by Gasteiger charge is 2.41. The van der Waals surface area contributed by atoms with Crippen LogP contribution in [-0.2, 0) is 37.3 Å². The van der Waals surface area contributed by atoms with E-state index in [2.05, 4.69) is 10.6 Å². The molecule has 0 radical (unpaired) electrons. The van der Waals surface area contributed by atoms with E-state index in [9.17, 15) is 18.0 Å². The lowest BCUT2D eigenvalue weighted by Crippen LogP contribution is -2.56. The van der Waals surface area contributed by atoms with Gasteiger partial charge in [-0.3, -0.25) is 10.2 Å². The fourth-order valence-electron chi connectivity index (χ4n) is 4.12. The van der Waals surface area contributed by atoms with Crippen molar-refractivity contribution in [3.8, 4) is 0 Å². The molecule has 0 saturated carbocycles. The SMILES string of the molecule is CC(C)(C)OC(=O)C(CCCNC(=N)N)NC(=O)C1Cc2ccccc2CN1S(=O)(=O)c1ccccc1. The summed E-state index contributed by atoms with van der Waals surface area (Å²) in [6, 6.07) is 13.3. The monoisotopic (exact) mass is 529 g/mol. The Kier molecular flexibility index (Phi) is 8.93. The number of sulfonamides is 1. The quantitative estimate of drug-likeness (QED) is 0.167. The number of nitrogens with one attached hydrogen (secondary N) is 3. The molecule has 200 valence electrons. The van der Waals surface area contributed by atoms with Gasteiger partial charge in [0.2, 0.25) is 15.9 Å². The molecule has 3 rings (SSSR count). The summed E-state index contributed by atoms with van der Waals surface area (Å²) >= 11 is 0. The predicted molar refractivity (Wildman–Crippen MR) is 140 cm³/mol. The van der Waals surface area contributed by atoms with Gasteiger partial charge < -0.3 is 21.1 Å². The number of carbonyl (C=O) groups excluding carboxylic acids is 2. The molecule has 2 aromatic rings. The summed E-state index contributed by atoms with van der Waals surface area (Å²) in [5.41, 5.74) is 6.25. The Bertz CT molecular complexity index is 1230. The van der Waals surface area contributed by atoms with Crippen molar-refractivity contribution in [2.24, 2.45) is 5.73 Å². The molecule has 0 aromatic heterocycles. The van der Waals surface area contributed by atoms with Gasteiger partial charge in [-0.05, 0) is 63.3 Å². The van der Waals surface area contributed by atoms with E-state index in [-0.39, 0.29) is 30.2 Å². The Morgan fingerprint density at radius 1 is 1.11 bits per heavy atom. The summed E-state index contributed by atoms with van der Waals surface area (Å²) in [5, 5.41) is 12.7. The van der Waals surface area contributed by atoms with Crippen LogP contribution in [0.1, 0.15) is 44.7 Å². The number of fused-ring (bicyclic) bond motifs is 1. The maximum absolute atomic E-state index is 13.6. The number of amides is 1. The highest BCUT2D eigenvalue weighted by Crippen LogP contribution is 2.29. The molecule has 0 saturated heterocycles. The fourth-order valence-corrected chi connectivity index (χ4v) is 5.71. The van der Waals surface area contributed by atoms with Gasteiger partial charge in [-0.2, -0.15) is 4.31 Å². The van der Waals surface area contributed by atoms with Crippen LogP contribution < -0.4 is 16.4 Å². The van der Waals surface area contributed by atoms with Crippen LogP contribution in [0.25, 0.3) is 0 Å². The van der Waals surface area contributed by atoms with E-state index < -0.39 is 39.6 Å². The van der Waals surface area contributed by atoms with Crippen LogP contribution >= 0.6 is 0 Å². The zero-order valence-electron chi connectivity index (χ0n) is 21.4. The number of ether oxygens (including phenoxy) is 1. The summed E-state index contributed by atoms with van der Waals surface area (Å²) in [5.74, 6) is -1.39. The maximum atomic E-state index is 13.6. The van der Waals surface area contributed by atoms with Gasteiger partial charge in [-0.25, -0.2) is 13.2 Å². The van der Waals surface area contributed by atoms with Crippen molar-refractivity contribution in [2.75, 3.05) is 6.54 Å². The molecular formula is C26H35N5O5S. The molecule has 2 unspecified atom stereocenters. The van der Waals surface area contributed by atoms with Crippen molar-refractivity contribution in [1.82, 2.24) is 14.9 Å². The summed E-state index contributed by atoms with van der Waals surface area (Å²) in [6.45, 7) is 5.55. The van der Waals surface area contributed by atoms with Gasteiger partial charge in [0.05, 0.1) is 4.90 Å². The summed E-state index contributed by atoms with van der Waals surface area (Å²) in [7, 11) is -4.01. The van der Waals surface area contributed by atoms with Crippen LogP contribution in [0.4, 0.5) is 0 Å². The highest BCUT2D eigenvalue weighted by molar-refractivity contribution is 7.89. The van der Waals surface area contributed by atoms with Gasteiger partial charge in [0.1, 0.15) is 17.7 Å². The number of nitrogens with two attached hydrogens (primary N) is 1. The number of benzene rings is 2. The second-order valence-corrected chi connectivity index (χ2v) is 11.8. The van der Waals surface area contributed by atoms with Crippen LogP contribution in [0.15, 0.2) is 59.5 Å². The first-order valence-electron chi connectivity index (χ1n) is 12.1. The first-order chi connectivity index (χ1) is 17.4. The number of esters is 1. The Hall–Kier alpha value is -3.44. The lowest BCUT2D eigenvalue weighted by molar-refractivity contribution is -0.159. The van der Waals surface area contributed by atoms with E-state index in [1.807, 2.05) is 24.3 Å². The molecule has 2 aromatic carbocycles. The average Bonchev–Trinajstić information content (AvgIpc) is 2.84. The van der Waals surface area contributed by atoms with Crippen molar-refractivity contribution in [3.05, 3.63) is 65.7 Å². The van der Waals surface area contributed by atoms with Crippen LogP contribution in [0.3, 0.4) is 0 Å². The molecule has 5 N–H and O–H groups in total. The van der Waals surface area contributed by atoms with Gasteiger partial charge in [0.15, 0.2) is 5.96 Å². The number of nitrogens with zero attached hydrogens (tertiary/aromatic N) is 1. The molecule has 10 nitrogen and oxygen atoms in total. The second kappa shape index (κ2) is 11.7. The van der Waals surface area contributed by atoms with E-state index in [1.165, 1.54) is 16.4 Å². The maximum Gasteiger partial charge on any atom is 0.329 e. The number of hydrogen-bond donors (Lipinski definition) is 4. The lowest BCUT2D eigenvalue weighted by Gasteiger charge is -2.36. The minimum Gasteiger partial charge on any atom is -0.458 e. The minimum absolute atomic E-state index is 0.0329. The van der Waals surface area contributed by atoms with Gasteiger partial charge in [-0.15, -0.1) is 0 Å². The second-order valence-electron chi connectivity index (χ2n) is 9.93. The fraction of sp³-hybridized carbons (Fsp3) is 0.423. The third-order valence-corrected chi connectivity index (χ3v) is 7.72. The summed E-state index contributed by atoms with van der Waals surface area (Å²) < 4.78 is 33.9. The van der Waals surface area contributed by atoms with E-state index >= 15 is 0 Å². The van der Waals surface area contributed by atoms with Gasteiger partial charge in [-0.1, -0.05) is 42.5 Å². The van der Waals surface area contributed by atoms with Crippen LogP contribution in [0, 0.1) is 5.41 Å². The molecule has 37 heavy (non-hydrogen) atoms. The van der Waals surface area contributed by atoms with Crippen molar-refractivity contribution < 1.29 is 22.7 Å². The number of rotatable bonds is 9. The van der Waals surface area contributed by atoms with Crippen LogP contribution in [0.2, 0.25) is 0 Å². The highest BCUT2D eigenvalue weighted by atomic mass is 32.2. The molecule has 11 heteroatoms. The van der Waals surface area contributed by atoms with Crippen molar-refractivity contribution >= 4 is 27.9 Å². The first kappa shape index (κ1) is 28.1. The van der Waals surface area contributed by atoms with Gasteiger partial charge >= 0.3 is 5.97 Å². The van der Waals surface area contributed by atoms with Gasteiger partial charge in [0, 0.05) is 13.1 Å². The Labute approximate surface area is 218 Å². The van der Waals surface area contributed by atoms with Crippen LogP contribution in [0.5, 0.6) is 0 Å². The molecule has 1 heterocycles. The Morgan fingerprint density at radius 2 is 1.73 bits per heavy atom. The average molecular weight is 530 g/mol. The van der Waals surface area contributed by atoms with Crippen LogP contribution in [-0.4, -0.2) is 54.8 Å². The largest absolute Gasteiger partial charge is 0.458 e. The zero-order valence-corrected chi connectivity index (χ0v) is 22.2. The predicted octanol–water partition coefficient (Wildman–Crippen LogP) is 1.89. The smallest absolute Gasteiger partial charge is 0.329 e. The molecule has 1 aliphatic rings. The number of guanidine groups is 1. The molecule has 0 fully saturated rings. The summed E-state index contributed by atoms with van der Waals surface area (Å²) in [4.78, 5) is 26.7. The van der Waals surface area contributed by atoms with Crippen molar-refractivity contribution in [1.29, 1.82) is 5.41 Å². The van der Waals surface area contributed by atoms with Crippen molar-refractivity contribution in [3.63, 3.8) is 0 Å². The van der Waals surface area contributed by atoms with E-state index in [4.69, 9.17) is 15.9 Å². The van der Waals surface area contributed by atoms with E-state index in [1.54, 1.807) is 39.0 Å². The normalized spacial score (nSPS) is 16.8. The third kappa shape index (κ3) is 7.53. The number of hydrogen-bond acceptors (Lipinski definition) is 6. The molecule has 0 spiro atoms. The van der Waals surface area contributed by atoms with E-state index in [0.717, 1.165) is 11.1 Å². The molecule has 2 atom stereocenters. The third-order valence-electron chi connectivity index (χ3n) is 5.85. The Balaban J connectivity index is 1.88. The van der Waals surface area contributed by atoms with Crippen molar-refractivity contribution in [2.45, 2.75) is 69.2 Å². The molecule has 1 amide bonds.